The molecule has 0 rings (SSSR count). The third kappa shape index (κ3) is 4.70. The summed E-state index contributed by atoms with van der Waals surface area (Å²) in [4.78, 5) is 22.7. The first-order chi connectivity index (χ1) is 7.67. The van der Waals surface area contributed by atoms with Crippen LogP contribution in [0.25, 0.3) is 0 Å². The van der Waals surface area contributed by atoms with Crippen molar-refractivity contribution < 1.29 is 19.4 Å². The minimum Gasteiger partial charge on any atom is -0.467 e. The molecule has 0 saturated carbocycles. The van der Waals surface area contributed by atoms with Gasteiger partial charge in [-0.15, -0.1) is 0 Å². The van der Waals surface area contributed by atoms with E-state index in [-0.39, 0.29) is 12.5 Å². The smallest absolute Gasteiger partial charge is 0.338 e. The number of methoxy groups -OCH3 is 1. The van der Waals surface area contributed by atoms with Gasteiger partial charge in [0, 0.05) is 20.1 Å². The highest BCUT2D eigenvalue weighted by atomic mass is 16.5. The Kier molecular flexibility index (Phi) is 5.57. The quantitative estimate of drug-likeness (QED) is 0.538. The van der Waals surface area contributed by atoms with Crippen LogP contribution in [0, 0.1) is 5.41 Å². The molecule has 100 valence electrons. The first kappa shape index (κ1) is 15.9. The minimum absolute atomic E-state index is 0.0279. The molecule has 0 aromatic carbocycles. The Morgan fingerprint density at radius 3 is 2.18 bits per heavy atom. The summed E-state index contributed by atoms with van der Waals surface area (Å²) < 4.78 is 4.46. The molecule has 1 atom stereocenters. The topological polar surface area (TPSA) is 87.7 Å². The van der Waals surface area contributed by atoms with Crippen LogP contribution in [0.5, 0.6) is 0 Å². The number of carbonyl (C=O) groups excluding carboxylic acids is 2. The number of rotatable bonds is 6. The molecule has 0 spiro atoms. The number of esters is 1. The lowest BCUT2D eigenvalue weighted by Crippen LogP contribution is -2.49. The summed E-state index contributed by atoms with van der Waals surface area (Å²) in [6.45, 7) is 5.27. The molecule has 0 aromatic heterocycles. The predicted molar refractivity (Wildman–Crippen MR) is 63.4 cm³/mol. The molecule has 0 fully saturated rings. The summed E-state index contributed by atoms with van der Waals surface area (Å²) in [5, 5.41) is 15.2. The monoisotopic (exact) mass is 246 g/mol. The van der Waals surface area contributed by atoms with Crippen LogP contribution in [-0.2, 0) is 14.3 Å². The molecule has 0 aliphatic heterocycles. The minimum atomic E-state index is -1.59. The van der Waals surface area contributed by atoms with Crippen molar-refractivity contribution in [2.75, 3.05) is 27.2 Å². The van der Waals surface area contributed by atoms with Crippen molar-refractivity contribution in [2.24, 2.45) is 5.41 Å². The van der Waals surface area contributed by atoms with E-state index < -0.39 is 17.0 Å². The van der Waals surface area contributed by atoms with E-state index in [2.05, 4.69) is 15.4 Å². The molecule has 0 radical (unpaired) electrons. The van der Waals surface area contributed by atoms with E-state index in [0.717, 1.165) is 0 Å². The number of aliphatic hydroxyl groups is 1. The number of carbonyl (C=O) groups is 2. The van der Waals surface area contributed by atoms with Crippen molar-refractivity contribution in [3.8, 4) is 0 Å². The molecular weight excluding hydrogens is 224 g/mol. The van der Waals surface area contributed by atoms with Crippen molar-refractivity contribution in [2.45, 2.75) is 26.4 Å². The fourth-order valence-corrected chi connectivity index (χ4v) is 1.33. The number of hydrogen-bond donors (Lipinski definition) is 3. The van der Waals surface area contributed by atoms with E-state index in [4.69, 9.17) is 0 Å². The second-order valence-corrected chi connectivity index (χ2v) is 4.83. The van der Waals surface area contributed by atoms with Crippen molar-refractivity contribution in [3.63, 3.8) is 0 Å². The van der Waals surface area contributed by atoms with Crippen LogP contribution >= 0.6 is 0 Å². The van der Waals surface area contributed by atoms with Gasteiger partial charge in [-0.1, -0.05) is 0 Å². The highest BCUT2D eigenvalue weighted by Gasteiger charge is 2.33. The van der Waals surface area contributed by atoms with Gasteiger partial charge in [0.15, 0.2) is 5.60 Å². The van der Waals surface area contributed by atoms with Crippen molar-refractivity contribution >= 4 is 11.9 Å². The van der Waals surface area contributed by atoms with Gasteiger partial charge in [-0.05, 0) is 20.8 Å². The lowest BCUT2D eigenvalue weighted by Gasteiger charge is -2.26. The Balaban J connectivity index is 4.24. The summed E-state index contributed by atoms with van der Waals surface area (Å²) in [7, 11) is 2.78. The highest BCUT2D eigenvalue weighted by molar-refractivity contribution is 5.81. The zero-order valence-corrected chi connectivity index (χ0v) is 11.1. The number of ether oxygens (including phenoxy) is 1. The van der Waals surface area contributed by atoms with Gasteiger partial charge in [-0.25, -0.2) is 4.79 Å². The van der Waals surface area contributed by atoms with Crippen LogP contribution < -0.4 is 10.6 Å². The lowest BCUT2D eigenvalue weighted by molar-refractivity contribution is -0.160. The Morgan fingerprint density at radius 2 is 1.76 bits per heavy atom. The van der Waals surface area contributed by atoms with Gasteiger partial charge in [-0.3, -0.25) is 4.79 Å². The van der Waals surface area contributed by atoms with Crippen LogP contribution in [-0.4, -0.2) is 49.8 Å². The summed E-state index contributed by atoms with van der Waals surface area (Å²) in [5.41, 5.74) is -2.20. The Hall–Kier alpha value is -1.14. The van der Waals surface area contributed by atoms with E-state index in [1.54, 1.807) is 20.9 Å². The normalized spacial score (nSPS) is 14.9. The molecule has 0 aliphatic carbocycles. The van der Waals surface area contributed by atoms with E-state index in [1.165, 1.54) is 14.0 Å². The maximum Gasteiger partial charge on any atom is 0.338 e. The molecular formula is C11H22N2O4. The van der Waals surface area contributed by atoms with E-state index >= 15 is 0 Å². The molecule has 6 heteroatoms. The van der Waals surface area contributed by atoms with Crippen molar-refractivity contribution in [1.82, 2.24) is 10.6 Å². The molecule has 0 aliphatic rings. The Morgan fingerprint density at radius 1 is 1.24 bits per heavy atom. The Labute approximate surface area is 102 Å². The predicted octanol–water partition coefficient (Wildman–Crippen LogP) is -0.728. The maximum absolute atomic E-state index is 11.5. The van der Waals surface area contributed by atoms with Crippen LogP contribution in [0.3, 0.4) is 0 Å². The number of amides is 1. The number of nitrogens with one attached hydrogen (secondary N) is 2. The van der Waals surface area contributed by atoms with Gasteiger partial charge >= 0.3 is 5.97 Å². The SMILES string of the molecule is CNC(=O)C(C)(C)CNCC(C)(O)C(=O)OC. The van der Waals surface area contributed by atoms with E-state index in [9.17, 15) is 14.7 Å². The van der Waals surface area contributed by atoms with Crippen LogP contribution in [0.1, 0.15) is 20.8 Å². The van der Waals surface area contributed by atoms with Crippen LogP contribution in [0.2, 0.25) is 0 Å². The first-order valence-electron chi connectivity index (χ1n) is 5.41. The highest BCUT2D eigenvalue weighted by Crippen LogP contribution is 2.13. The van der Waals surface area contributed by atoms with Gasteiger partial charge in [0.25, 0.3) is 0 Å². The molecule has 0 aromatic rings. The zero-order valence-electron chi connectivity index (χ0n) is 11.1. The molecule has 1 unspecified atom stereocenters. The fourth-order valence-electron chi connectivity index (χ4n) is 1.33. The summed E-state index contributed by atoms with van der Waals surface area (Å²) in [5.74, 6) is -0.814. The number of hydrogen-bond acceptors (Lipinski definition) is 5. The van der Waals surface area contributed by atoms with Crippen LogP contribution in [0.4, 0.5) is 0 Å². The zero-order chi connectivity index (χ0) is 13.7. The standard InChI is InChI=1S/C11H22N2O4/c1-10(2,8(14)12-4)6-13-7-11(3,16)9(15)17-5/h13,16H,6-7H2,1-5H3,(H,12,14). The summed E-state index contributed by atoms with van der Waals surface area (Å²) in [6, 6.07) is 0. The Bertz CT molecular complexity index is 259. The van der Waals surface area contributed by atoms with Gasteiger partial charge in [-0.2, -0.15) is 0 Å². The molecule has 0 saturated heterocycles. The molecule has 6 nitrogen and oxygen atoms in total. The van der Waals surface area contributed by atoms with Crippen molar-refractivity contribution in [3.05, 3.63) is 0 Å². The summed E-state index contributed by atoms with van der Waals surface area (Å²) >= 11 is 0. The third-order valence-electron chi connectivity index (χ3n) is 2.50. The lowest BCUT2D eigenvalue weighted by atomic mass is 9.92. The van der Waals surface area contributed by atoms with Gasteiger partial charge in [0.2, 0.25) is 5.91 Å². The molecule has 17 heavy (non-hydrogen) atoms. The average Bonchev–Trinajstić information content (AvgIpc) is 2.25. The molecule has 3 N–H and O–H groups in total. The fraction of sp³-hybridized carbons (Fsp3) is 0.818. The first-order valence-corrected chi connectivity index (χ1v) is 5.41. The van der Waals surface area contributed by atoms with Crippen molar-refractivity contribution in [1.29, 1.82) is 0 Å². The van der Waals surface area contributed by atoms with E-state index in [0.29, 0.717) is 6.54 Å². The molecule has 1 amide bonds. The average molecular weight is 246 g/mol. The van der Waals surface area contributed by atoms with Gasteiger partial charge < -0.3 is 20.5 Å². The summed E-state index contributed by atoms with van der Waals surface area (Å²) in [6.07, 6.45) is 0. The largest absolute Gasteiger partial charge is 0.467 e. The molecule has 0 bridgehead atoms. The second kappa shape index (κ2) is 5.97. The van der Waals surface area contributed by atoms with Crippen LogP contribution in [0.15, 0.2) is 0 Å². The van der Waals surface area contributed by atoms with E-state index in [1.807, 2.05) is 0 Å². The second-order valence-electron chi connectivity index (χ2n) is 4.83. The maximum atomic E-state index is 11.5. The van der Waals surface area contributed by atoms with Gasteiger partial charge in [0.05, 0.1) is 12.5 Å². The third-order valence-corrected chi connectivity index (χ3v) is 2.50. The van der Waals surface area contributed by atoms with Gasteiger partial charge in [0.1, 0.15) is 0 Å². The molecule has 0 heterocycles.